The normalized spacial score (nSPS) is 12.7. The Balaban J connectivity index is 1.84. The summed E-state index contributed by atoms with van der Waals surface area (Å²) in [5.41, 5.74) is 8.87. The van der Waals surface area contributed by atoms with E-state index in [-0.39, 0.29) is 5.92 Å². The molecular weight excluding hydrogens is 328 g/mol. The van der Waals surface area contributed by atoms with Crippen molar-refractivity contribution in [1.82, 2.24) is 9.97 Å². The first-order valence-electron chi connectivity index (χ1n) is 9.43. The van der Waals surface area contributed by atoms with E-state index < -0.39 is 0 Å². The molecule has 0 spiro atoms. The summed E-state index contributed by atoms with van der Waals surface area (Å²) < 4.78 is 0. The van der Waals surface area contributed by atoms with Crippen molar-refractivity contribution in [2.24, 2.45) is 0 Å². The van der Waals surface area contributed by atoms with Crippen LogP contribution >= 0.6 is 0 Å². The van der Waals surface area contributed by atoms with Crippen LogP contribution in [0.2, 0.25) is 0 Å². The molecule has 5 aromatic rings. The predicted molar refractivity (Wildman–Crippen MR) is 113 cm³/mol. The zero-order valence-electron chi connectivity index (χ0n) is 15.6. The van der Waals surface area contributed by atoms with Crippen LogP contribution in [0, 0.1) is 13.8 Å². The zero-order valence-corrected chi connectivity index (χ0v) is 15.6. The fraction of sp³-hybridized carbons (Fsp3) is 0.120. The fourth-order valence-corrected chi connectivity index (χ4v) is 4.39. The second-order valence-corrected chi connectivity index (χ2v) is 7.26. The molecule has 1 unspecified atom stereocenters. The highest BCUT2D eigenvalue weighted by atomic mass is 14.8. The number of H-pyrrole nitrogens is 2. The van der Waals surface area contributed by atoms with Crippen molar-refractivity contribution in [3.05, 3.63) is 107 Å². The molecule has 132 valence electrons. The van der Waals surface area contributed by atoms with E-state index >= 15 is 0 Å². The van der Waals surface area contributed by atoms with Crippen molar-refractivity contribution < 1.29 is 0 Å². The first-order valence-corrected chi connectivity index (χ1v) is 9.43. The van der Waals surface area contributed by atoms with Gasteiger partial charge in [-0.3, -0.25) is 0 Å². The third kappa shape index (κ3) is 2.48. The maximum absolute atomic E-state index is 3.73. The molecule has 0 fully saturated rings. The summed E-state index contributed by atoms with van der Waals surface area (Å²) in [6.07, 6.45) is 0. The van der Waals surface area contributed by atoms with E-state index in [1.165, 1.54) is 49.9 Å². The van der Waals surface area contributed by atoms with E-state index in [1.54, 1.807) is 0 Å². The number of nitrogens with one attached hydrogen (secondary N) is 2. The van der Waals surface area contributed by atoms with Crippen LogP contribution in [-0.4, -0.2) is 9.97 Å². The van der Waals surface area contributed by atoms with Crippen LogP contribution in [0.1, 0.15) is 34.0 Å². The summed E-state index contributed by atoms with van der Waals surface area (Å²) in [7, 11) is 0. The Morgan fingerprint density at radius 3 is 1.93 bits per heavy atom. The number of hydrogen-bond donors (Lipinski definition) is 2. The standard InChI is InChI=1S/C25H22N2/c1-16-19-12-6-8-14-21(19)27-25(16)24(18-10-4-3-5-11-18)23-17(2)26-22-15-9-7-13-20(22)23/h3-15,24,26-27H,1-2H3. The number of aromatic amines is 2. The SMILES string of the molecule is Cc1[nH]c2ccccc2c1C(c1ccccc1)c1[nH]c2ccccc2c1C. The van der Waals surface area contributed by atoms with Crippen molar-refractivity contribution >= 4 is 21.8 Å². The number of aryl methyl sites for hydroxylation is 2. The van der Waals surface area contributed by atoms with E-state index in [2.05, 4.69) is 103 Å². The molecule has 2 aromatic heterocycles. The van der Waals surface area contributed by atoms with Crippen LogP contribution in [0.4, 0.5) is 0 Å². The second kappa shape index (κ2) is 6.17. The van der Waals surface area contributed by atoms with Crippen molar-refractivity contribution in [3.8, 4) is 0 Å². The molecule has 2 heterocycles. The summed E-state index contributed by atoms with van der Waals surface area (Å²) in [5, 5.41) is 2.59. The smallest absolute Gasteiger partial charge is 0.0517 e. The van der Waals surface area contributed by atoms with Crippen molar-refractivity contribution in [2.75, 3.05) is 0 Å². The molecule has 0 saturated carbocycles. The van der Waals surface area contributed by atoms with Gasteiger partial charge in [-0.25, -0.2) is 0 Å². The minimum Gasteiger partial charge on any atom is -0.358 e. The summed E-state index contributed by atoms with van der Waals surface area (Å²) in [4.78, 5) is 7.32. The lowest BCUT2D eigenvalue weighted by molar-refractivity contribution is 0.922. The third-order valence-electron chi connectivity index (χ3n) is 5.66. The summed E-state index contributed by atoms with van der Waals surface area (Å²) >= 11 is 0. The van der Waals surface area contributed by atoms with Gasteiger partial charge in [-0.05, 0) is 42.7 Å². The Bertz CT molecular complexity index is 1240. The molecule has 0 amide bonds. The molecule has 0 radical (unpaired) electrons. The topological polar surface area (TPSA) is 31.6 Å². The average molecular weight is 350 g/mol. The number of aromatic nitrogens is 2. The minimum absolute atomic E-state index is 0.162. The van der Waals surface area contributed by atoms with Gasteiger partial charge in [0, 0.05) is 33.2 Å². The van der Waals surface area contributed by atoms with Crippen LogP contribution in [0.15, 0.2) is 78.9 Å². The van der Waals surface area contributed by atoms with Gasteiger partial charge in [0.15, 0.2) is 0 Å². The Morgan fingerprint density at radius 2 is 1.22 bits per heavy atom. The molecule has 2 heteroatoms. The highest BCUT2D eigenvalue weighted by molar-refractivity contribution is 5.88. The Morgan fingerprint density at radius 1 is 0.630 bits per heavy atom. The third-order valence-corrected chi connectivity index (χ3v) is 5.66. The first-order chi connectivity index (χ1) is 13.2. The van der Waals surface area contributed by atoms with E-state index in [4.69, 9.17) is 0 Å². The largest absolute Gasteiger partial charge is 0.358 e. The van der Waals surface area contributed by atoms with E-state index in [9.17, 15) is 0 Å². The molecule has 0 aliphatic rings. The van der Waals surface area contributed by atoms with Gasteiger partial charge in [0.1, 0.15) is 0 Å². The number of fused-ring (bicyclic) bond motifs is 2. The number of para-hydroxylation sites is 2. The second-order valence-electron chi connectivity index (χ2n) is 7.26. The van der Waals surface area contributed by atoms with Crippen molar-refractivity contribution in [1.29, 1.82) is 0 Å². The quantitative estimate of drug-likeness (QED) is 0.375. The number of rotatable bonds is 3. The molecule has 1 atom stereocenters. The number of hydrogen-bond acceptors (Lipinski definition) is 0. The summed E-state index contributed by atoms with van der Waals surface area (Å²) in [5.74, 6) is 0.162. The van der Waals surface area contributed by atoms with Crippen LogP contribution < -0.4 is 0 Å². The maximum Gasteiger partial charge on any atom is 0.0517 e. The molecule has 2 N–H and O–H groups in total. The van der Waals surface area contributed by atoms with Gasteiger partial charge in [-0.15, -0.1) is 0 Å². The van der Waals surface area contributed by atoms with Crippen LogP contribution in [0.25, 0.3) is 21.8 Å². The van der Waals surface area contributed by atoms with Crippen molar-refractivity contribution in [3.63, 3.8) is 0 Å². The molecule has 5 rings (SSSR count). The maximum atomic E-state index is 3.73. The minimum atomic E-state index is 0.162. The van der Waals surface area contributed by atoms with Gasteiger partial charge in [0.25, 0.3) is 0 Å². The monoisotopic (exact) mass is 350 g/mol. The molecule has 27 heavy (non-hydrogen) atoms. The highest BCUT2D eigenvalue weighted by Crippen LogP contribution is 2.40. The highest BCUT2D eigenvalue weighted by Gasteiger charge is 2.26. The molecular formula is C25H22N2. The Labute approximate surface area is 158 Å². The van der Waals surface area contributed by atoms with Crippen LogP contribution in [0.3, 0.4) is 0 Å². The summed E-state index contributed by atoms with van der Waals surface area (Å²) in [6.45, 7) is 4.41. The lowest BCUT2D eigenvalue weighted by Crippen LogP contribution is -2.06. The first kappa shape index (κ1) is 16.0. The lowest BCUT2D eigenvalue weighted by Gasteiger charge is -2.19. The van der Waals surface area contributed by atoms with Gasteiger partial charge in [0.05, 0.1) is 5.92 Å². The molecule has 0 aliphatic carbocycles. The Hall–Kier alpha value is -3.26. The van der Waals surface area contributed by atoms with Gasteiger partial charge in [-0.2, -0.15) is 0 Å². The van der Waals surface area contributed by atoms with Crippen LogP contribution in [-0.2, 0) is 0 Å². The van der Waals surface area contributed by atoms with Gasteiger partial charge >= 0.3 is 0 Å². The summed E-state index contributed by atoms with van der Waals surface area (Å²) in [6, 6.07) is 28.0. The van der Waals surface area contributed by atoms with E-state index in [0.29, 0.717) is 0 Å². The Kier molecular flexibility index (Phi) is 3.64. The van der Waals surface area contributed by atoms with Gasteiger partial charge in [-0.1, -0.05) is 66.7 Å². The van der Waals surface area contributed by atoms with E-state index in [1.807, 2.05) is 0 Å². The predicted octanol–water partition coefficient (Wildman–Crippen LogP) is 6.45. The van der Waals surface area contributed by atoms with Gasteiger partial charge < -0.3 is 9.97 Å². The lowest BCUT2D eigenvalue weighted by atomic mass is 9.85. The molecule has 0 saturated heterocycles. The molecule has 3 aromatic carbocycles. The van der Waals surface area contributed by atoms with Crippen molar-refractivity contribution in [2.45, 2.75) is 19.8 Å². The molecule has 0 bridgehead atoms. The number of benzene rings is 3. The van der Waals surface area contributed by atoms with E-state index in [0.717, 1.165) is 0 Å². The van der Waals surface area contributed by atoms with Gasteiger partial charge in [0.2, 0.25) is 0 Å². The zero-order chi connectivity index (χ0) is 18.4. The molecule has 0 aliphatic heterocycles. The molecule has 2 nitrogen and oxygen atoms in total. The fourth-order valence-electron chi connectivity index (χ4n) is 4.39. The van der Waals surface area contributed by atoms with Crippen LogP contribution in [0.5, 0.6) is 0 Å². The average Bonchev–Trinajstić information content (AvgIpc) is 3.21.